The van der Waals surface area contributed by atoms with E-state index in [2.05, 4.69) is 0 Å². The quantitative estimate of drug-likeness (QED) is 0.545. The first-order valence-electron chi connectivity index (χ1n) is 7.12. The van der Waals surface area contributed by atoms with Crippen molar-refractivity contribution < 1.29 is 35.7 Å². The SMILES string of the molecule is CC(=O)CC(C)=O.CC(=O)CC(C)=O.CC(C)[NH-].CC(C)[NH-].[Ni+2]. The third-order valence-corrected chi connectivity index (χ3v) is 0.996. The Bertz CT molecular complexity index is 269. The van der Waals surface area contributed by atoms with Gasteiger partial charge in [-0.2, -0.15) is 0 Å². The predicted molar refractivity (Wildman–Crippen MR) is 90.9 cm³/mol. The Morgan fingerprint density at radius 3 is 0.696 bits per heavy atom. The average Bonchev–Trinajstić information content (AvgIpc) is 2.10. The molecule has 0 aliphatic heterocycles. The zero-order chi connectivity index (χ0) is 18.9. The van der Waals surface area contributed by atoms with Crippen LogP contribution in [0.3, 0.4) is 0 Å². The van der Waals surface area contributed by atoms with E-state index in [1.54, 1.807) is 0 Å². The van der Waals surface area contributed by atoms with Crippen molar-refractivity contribution in [2.45, 2.75) is 80.3 Å². The first kappa shape index (κ1) is 33.6. The van der Waals surface area contributed by atoms with Gasteiger partial charge in [-0.3, -0.25) is 19.2 Å². The standard InChI is InChI=1S/2C5H8O2.2C3H8N.Ni/c2*1-4(6)3-5(2)7;2*1-3(2)4;/h2*3H2,1-2H3;2*3-4H,1-2H3;/q;;2*-1;+2. The summed E-state index contributed by atoms with van der Waals surface area (Å²) in [4.78, 5) is 40.1. The van der Waals surface area contributed by atoms with Crippen molar-refractivity contribution in [3.8, 4) is 0 Å². The number of hydrogen-bond donors (Lipinski definition) is 0. The molecule has 0 aliphatic carbocycles. The van der Waals surface area contributed by atoms with Gasteiger partial charge in [0.1, 0.15) is 23.1 Å². The van der Waals surface area contributed by atoms with Gasteiger partial charge in [0.2, 0.25) is 0 Å². The van der Waals surface area contributed by atoms with Crippen LogP contribution in [0.4, 0.5) is 0 Å². The molecule has 0 saturated carbocycles. The number of hydrogen-bond acceptors (Lipinski definition) is 4. The van der Waals surface area contributed by atoms with Crippen molar-refractivity contribution in [1.82, 2.24) is 0 Å². The van der Waals surface area contributed by atoms with E-state index in [0.717, 1.165) is 0 Å². The molecule has 0 aromatic heterocycles. The monoisotopic (exact) mass is 374 g/mol. The van der Waals surface area contributed by atoms with E-state index >= 15 is 0 Å². The molecule has 0 spiro atoms. The Morgan fingerprint density at radius 1 is 0.609 bits per heavy atom. The van der Waals surface area contributed by atoms with Gasteiger partial charge in [0.25, 0.3) is 0 Å². The van der Waals surface area contributed by atoms with Gasteiger partial charge in [0.05, 0.1) is 12.8 Å². The van der Waals surface area contributed by atoms with Gasteiger partial charge in [0.15, 0.2) is 0 Å². The Morgan fingerprint density at radius 2 is 0.696 bits per heavy atom. The predicted octanol–water partition coefficient (Wildman–Crippen LogP) is 4.00. The van der Waals surface area contributed by atoms with E-state index in [-0.39, 0.29) is 64.5 Å². The number of Topliss-reactive ketones (excluding diaryl/α,β-unsaturated/α-hetero) is 4. The van der Waals surface area contributed by atoms with Gasteiger partial charge in [-0.05, 0) is 27.7 Å². The van der Waals surface area contributed by atoms with Gasteiger partial charge < -0.3 is 11.5 Å². The molecule has 23 heavy (non-hydrogen) atoms. The molecule has 0 aromatic carbocycles. The minimum Gasteiger partial charge on any atom is -0.675 e. The van der Waals surface area contributed by atoms with E-state index in [1.165, 1.54) is 27.7 Å². The van der Waals surface area contributed by atoms with E-state index in [4.69, 9.17) is 11.5 Å². The molecule has 0 atom stereocenters. The Balaban J connectivity index is -0.0000000639. The second kappa shape index (κ2) is 23.4. The Labute approximate surface area is 151 Å². The molecule has 7 heteroatoms. The van der Waals surface area contributed by atoms with Gasteiger partial charge >= 0.3 is 16.5 Å². The zero-order valence-electron chi connectivity index (χ0n) is 15.5. The van der Waals surface area contributed by atoms with Crippen LogP contribution >= 0.6 is 0 Å². The first-order chi connectivity index (χ1) is 9.72. The minimum atomic E-state index is -0.0625. The smallest absolute Gasteiger partial charge is 0.675 e. The van der Waals surface area contributed by atoms with Crippen molar-refractivity contribution in [3.05, 3.63) is 11.5 Å². The molecule has 0 amide bonds. The Hall–Kier alpha value is -0.906. The fraction of sp³-hybridized carbons (Fsp3) is 0.750. The maximum Gasteiger partial charge on any atom is 2.00 e. The van der Waals surface area contributed by atoms with E-state index in [1.807, 2.05) is 27.7 Å². The van der Waals surface area contributed by atoms with Crippen molar-refractivity contribution >= 4 is 23.1 Å². The second-order valence-electron chi connectivity index (χ2n) is 5.47. The number of rotatable bonds is 4. The van der Waals surface area contributed by atoms with Crippen LogP contribution in [0, 0.1) is 0 Å². The normalized spacial score (nSPS) is 8.17. The first-order valence-corrected chi connectivity index (χ1v) is 7.12. The molecule has 0 unspecified atom stereocenters. The zero-order valence-corrected chi connectivity index (χ0v) is 16.5. The van der Waals surface area contributed by atoms with Crippen molar-refractivity contribution in [2.75, 3.05) is 0 Å². The summed E-state index contributed by atoms with van der Waals surface area (Å²) in [5, 5.41) is 0. The molecular weight excluding hydrogens is 343 g/mol. The van der Waals surface area contributed by atoms with Crippen LogP contribution in [0.1, 0.15) is 68.2 Å². The fourth-order valence-corrected chi connectivity index (χ4v) is 0.701. The maximum absolute atomic E-state index is 10.0. The van der Waals surface area contributed by atoms with Crippen molar-refractivity contribution in [3.63, 3.8) is 0 Å². The average molecular weight is 375 g/mol. The molecule has 0 rings (SSSR count). The summed E-state index contributed by atoms with van der Waals surface area (Å²) in [6.45, 7) is 13.0. The number of nitrogens with one attached hydrogen (secondary N) is 2. The van der Waals surface area contributed by atoms with Crippen LogP contribution in [-0.4, -0.2) is 35.2 Å². The van der Waals surface area contributed by atoms with E-state index < -0.39 is 0 Å². The molecule has 0 aliphatic rings. The van der Waals surface area contributed by atoms with Gasteiger partial charge in [0, 0.05) is 0 Å². The molecule has 0 aromatic rings. The number of carbonyl (C=O) groups is 4. The largest absolute Gasteiger partial charge is 2.00 e. The molecule has 6 nitrogen and oxygen atoms in total. The summed E-state index contributed by atoms with van der Waals surface area (Å²) in [7, 11) is 0. The van der Waals surface area contributed by atoms with Crippen LogP contribution in [-0.2, 0) is 35.7 Å². The van der Waals surface area contributed by atoms with Crippen LogP contribution < -0.4 is 0 Å². The van der Waals surface area contributed by atoms with Crippen LogP contribution in [0.15, 0.2) is 0 Å². The fourth-order valence-electron chi connectivity index (χ4n) is 0.701. The molecule has 0 saturated heterocycles. The summed E-state index contributed by atoms with van der Waals surface area (Å²) in [5.41, 5.74) is 13.2. The molecular formula is C16H32N2NiO4. The molecule has 140 valence electrons. The third-order valence-electron chi connectivity index (χ3n) is 0.996. The molecule has 0 heterocycles. The van der Waals surface area contributed by atoms with Crippen LogP contribution in [0.5, 0.6) is 0 Å². The summed E-state index contributed by atoms with van der Waals surface area (Å²) in [6.07, 6.45) is 0.167. The summed E-state index contributed by atoms with van der Waals surface area (Å²) < 4.78 is 0. The van der Waals surface area contributed by atoms with Crippen LogP contribution in [0.25, 0.3) is 11.5 Å². The van der Waals surface area contributed by atoms with Gasteiger partial charge in [-0.25, -0.2) is 0 Å². The van der Waals surface area contributed by atoms with Gasteiger partial charge in [-0.15, -0.1) is 12.1 Å². The molecule has 0 radical (unpaired) electrons. The van der Waals surface area contributed by atoms with Crippen molar-refractivity contribution in [1.29, 1.82) is 0 Å². The topological polar surface area (TPSA) is 116 Å². The summed E-state index contributed by atoms with van der Waals surface area (Å²) in [5.74, 6) is -0.250. The van der Waals surface area contributed by atoms with Crippen LogP contribution in [0.2, 0.25) is 0 Å². The molecule has 0 fully saturated rings. The van der Waals surface area contributed by atoms with E-state index in [0.29, 0.717) is 0 Å². The maximum atomic E-state index is 10.0. The van der Waals surface area contributed by atoms with E-state index in [9.17, 15) is 19.2 Å². The minimum absolute atomic E-state index is 0. The van der Waals surface area contributed by atoms with Crippen molar-refractivity contribution in [2.24, 2.45) is 0 Å². The number of ketones is 4. The number of carbonyl (C=O) groups excluding carboxylic acids is 4. The molecule has 0 bridgehead atoms. The summed E-state index contributed by atoms with van der Waals surface area (Å²) in [6, 6.07) is 0.167. The summed E-state index contributed by atoms with van der Waals surface area (Å²) >= 11 is 0. The second-order valence-corrected chi connectivity index (χ2v) is 5.47. The molecule has 2 N–H and O–H groups in total. The van der Waals surface area contributed by atoms with Gasteiger partial charge in [-0.1, -0.05) is 27.7 Å². The Kier molecular flexibility index (Phi) is 34.2. The third kappa shape index (κ3) is 153.